The summed E-state index contributed by atoms with van der Waals surface area (Å²) in [7, 11) is -2.62. The molecule has 2 saturated heterocycles. The summed E-state index contributed by atoms with van der Waals surface area (Å²) in [6.45, 7) is 6.67. The monoisotopic (exact) mass is 614 g/mol. The number of carbonyl (C=O) groups excluding carboxylic acids is 2. The number of fused-ring (bicyclic) bond motifs is 2. The number of likely N-dealkylation sites (tertiary alicyclic amines) is 1. The largest absolute Gasteiger partial charge is 0.454 e. The van der Waals surface area contributed by atoms with Gasteiger partial charge in [0.25, 0.3) is 5.91 Å². The molecule has 0 saturated carbocycles. The number of aryl methyl sites for hydroxylation is 1. The third kappa shape index (κ3) is 5.94. The molecule has 0 unspecified atom stereocenters. The van der Waals surface area contributed by atoms with E-state index in [1.54, 1.807) is 15.9 Å². The van der Waals surface area contributed by atoms with Gasteiger partial charge in [-0.2, -0.15) is 0 Å². The molecule has 232 valence electrons. The quantitative estimate of drug-likeness (QED) is 0.300. The Morgan fingerprint density at radius 2 is 1.68 bits per heavy atom. The van der Waals surface area contributed by atoms with Crippen LogP contribution < -0.4 is 9.64 Å². The van der Waals surface area contributed by atoms with Crippen LogP contribution in [0.25, 0.3) is 0 Å². The predicted octanol–water partition coefficient (Wildman–Crippen LogP) is 6.05. The van der Waals surface area contributed by atoms with Gasteiger partial charge in [0.2, 0.25) is 5.91 Å². The highest BCUT2D eigenvalue weighted by Crippen LogP contribution is 2.46. The van der Waals surface area contributed by atoms with Gasteiger partial charge in [-0.1, -0.05) is 43.3 Å². The molecule has 6 rings (SSSR count). The zero-order valence-corrected chi connectivity index (χ0v) is 26.7. The molecule has 3 aromatic carbocycles. The highest BCUT2D eigenvalue weighted by atomic mass is 28.4. The van der Waals surface area contributed by atoms with Crippen LogP contribution in [0.4, 0.5) is 11.4 Å². The highest BCUT2D eigenvalue weighted by Gasteiger charge is 2.50. The number of amides is 2. The zero-order valence-electron chi connectivity index (χ0n) is 25.7. The lowest BCUT2D eigenvalue weighted by Crippen LogP contribution is -2.43. The Morgan fingerprint density at radius 1 is 0.977 bits per heavy atom. The normalized spacial score (nSPS) is 24.9. The van der Waals surface area contributed by atoms with Crippen molar-refractivity contribution in [1.29, 1.82) is 0 Å². The molecule has 9 heteroatoms. The summed E-state index contributed by atoms with van der Waals surface area (Å²) in [5, 5.41) is 9.71. The fraction of sp³-hybridized carbons (Fsp3) is 0.429. The molecule has 2 N–H and O–H groups in total. The predicted molar refractivity (Wildman–Crippen MR) is 172 cm³/mol. The molecule has 3 aromatic rings. The van der Waals surface area contributed by atoms with Crippen LogP contribution in [0.15, 0.2) is 72.8 Å². The number of nitrogens with zero attached hydrogens (tertiary/aromatic N) is 2. The topological polar surface area (TPSA) is 99.5 Å². The number of aliphatic hydroxyl groups is 1. The van der Waals surface area contributed by atoms with Gasteiger partial charge in [0.1, 0.15) is 5.75 Å². The van der Waals surface area contributed by atoms with Crippen LogP contribution in [0.3, 0.4) is 0 Å². The maximum absolute atomic E-state index is 13.7. The van der Waals surface area contributed by atoms with Crippen LogP contribution in [-0.4, -0.2) is 66.3 Å². The summed E-state index contributed by atoms with van der Waals surface area (Å²) >= 11 is 0. The second kappa shape index (κ2) is 12.5. The minimum absolute atomic E-state index is 0.0101. The minimum Gasteiger partial charge on any atom is -0.454 e. The van der Waals surface area contributed by atoms with E-state index in [4.69, 9.17) is 9.47 Å². The molecular weight excluding hydrogens is 572 g/mol. The molecule has 0 aliphatic carbocycles. The first-order valence-electron chi connectivity index (χ1n) is 15.7. The number of para-hydroxylation sites is 3. The Bertz CT molecular complexity index is 1510. The van der Waals surface area contributed by atoms with Crippen molar-refractivity contribution < 1.29 is 29.0 Å². The lowest BCUT2D eigenvalue weighted by Gasteiger charge is -2.31. The third-order valence-electron chi connectivity index (χ3n) is 9.56. The molecule has 3 heterocycles. The van der Waals surface area contributed by atoms with E-state index in [2.05, 4.69) is 6.92 Å². The average Bonchev–Trinajstić information content (AvgIpc) is 3.58. The van der Waals surface area contributed by atoms with Gasteiger partial charge < -0.3 is 24.3 Å². The van der Waals surface area contributed by atoms with Crippen molar-refractivity contribution in [3.63, 3.8) is 0 Å². The minimum atomic E-state index is -2.62. The number of benzene rings is 3. The van der Waals surface area contributed by atoms with Crippen LogP contribution in [0.1, 0.15) is 48.5 Å². The summed E-state index contributed by atoms with van der Waals surface area (Å²) in [4.78, 5) is 41.7. The molecule has 0 radical (unpaired) electrons. The van der Waals surface area contributed by atoms with E-state index >= 15 is 0 Å². The van der Waals surface area contributed by atoms with E-state index in [0.717, 1.165) is 36.9 Å². The molecule has 5 atom stereocenters. The first kappa shape index (κ1) is 30.5. The van der Waals surface area contributed by atoms with Gasteiger partial charge in [-0.05, 0) is 86.7 Å². The molecule has 0 aromatic heterocycles. The van der Waals surface area contributed by atoms with Crippen molar-refractivity contribution in [2.45, 2.75) is 75.9 Å². The first-order valence-corrected chi connectivity index (χ1v) is 18.8. The fourth-order valence-corrected chi connectivity index (χ4v) is 10.0. The molecule has 0 bridgehead atoms. The Hall–Kier alpha value is -3.50. The van der Waals surface area contributed by atoms with Crippen molar-refractivity contribution in [3.05, 3.63) is 83.9 Å². The van der Waals surface area contributed by atoms with Gasteiger partial charge in [-0.25, -0.2) is 0 Å². The Labute approximate surface area is 260 Å². The van der Waals surface area contributed by atoms with Crippen LogP contribution in [0.5, 0.6) is 11.5 Å². The van der Waals surface area contributed by atoms with Crippen molar-refractivity contribution in [2.75, 3.05) is 18.1 Å². The number of rotatable bonds is 8. The number of ether oxygens (including phenoxy) is 2. The average molecular weight is 615 g/mol. The van der Waals surface area contributed by atoms with E-state index in [-0.39, 0.29) is 54.6 Å². The van der Waals surface area contributed by atoms with Gasteiger partial charge in [0, 0.05) is 17.8 Å². The van der Waals surface area contributed by atoms with Gasteiger partial charge in [-0.3, -0.25) is 14.5 Å². The van der Waals surface area contributed by atoms with Crippen LogP contribution in [0.2, 0.25) is 18.6 Å². The molecule has 3 aliphatic heterocycles. The molecule has 44 heavy (non-hydrogen) atoms. The second-order valence-corrected chi connectivity index (χ2v) is 16.9. The summed E-state index contributed by atoms with van der Waals surface area (Å²) in [6, 6.07) is 22.8. The summed E-state index contributed by atoms with van der Waals surface area (Å²) in [5.41, 5.74) is 3.03. The number of aliphatic hydroxyl groups excluding tert-OH is 1. The smallest absolute Gasteiger partial charge is 0.266 e. The van der Waals surface area contributed by atoms with Gasteiger partial charge in [-0.15, -0.1) is 0 Å². The SMILES string of the molecule is C[C@H]1[C@H]([Si](C)(C)O)[C@@H](CC(=O)N2CCC[C@H]2CO)O[C@H]1CCc1ccc(N2C(=O)c3ccccc3Oc3ccccc32)cc1. The van der Waals surface area contributed by atoms with Gasteiger partial charge in [0.15, 0.2) is 14.1 Å². The van der Waals surface area contributed by atoms with E-state index < -0.39 is 8.32 Å². The van der Waals surface area contributed by atoms with Gasteiger partial charge in [0.05, 0.1) is 42.5 Å². The maximum atomic E-state index is 13.7. The van der Waals surface area contributed by atoms with Crippen molar-refractivity contribution in [1.82, 2.24) is 4.90 Å². The Balaban J connectivity index is 1.16. The van der Waals surface area contributed by atoms with Crippen molar-refractivity contribution in [3.8, 4) is 11.5 Å². The van der Waals surface area contributed by atoms with E-state index in [9.17, 15) is 19.5 Å². The van der Waals surface area contributed by atoms with E-state index in [0.29, 0.717) is 29.3 Å². The molecule has 2 fully saturated rings. The van der Waals surface area contributed by atoms with Gasteiger partial charge >= 0.3 is 0 Å². The number of hydrogen-bond donors (Lipinski definition) is 2. The molecule has 0 spiro atoms. The molecular formula is C35H42N2O6Si. The fourth-order valence-electron chi connectivity index (χ4n) is 7.44. The maximum Gasteiger partial charge on any atom is 0.266 e. The van der Waals surface area contributed by atoms with Crippen LogP contribution in [0, 0.1) is 5.92 Å². The Morgan fingerprint density at radius 3 is 2.41 bits per heavy atom. The summed E-state index contributed by atoms with van der Waals surface area (Å²) in [6.07, 6.45) is 3.11. The Kier molecular flexibility index (Phi) is 8.65. The lowest BCUT2D eigenvalue weighted by molar-refractivity contribution is -0.135. The van der Waals surface area contributed by atoms with Crippen molar-refractivity contribution in [2.24, 2.45) is 5.92 Å². The lowest BCUT2D eigenvalue weighted by atomic mass is 9.95. The third-order valence-corrected chi connectivity index (χ3v) is 12.1. The summed E-state index contributed by atoms with van der Waals surface area (Å²) < 4.78 is 12.7. The number of carbonyl (C=O) groups is 2. The summed E-state index contributed by atoms with van der Waals surface area (Å²) in [5.74, 6) is 1.15. The number of hydrogen-bond acceptors (Lipinski definition) is 6. The molecule has 8 nitrogen and oxygen atoms in total. The molecule has 2 amide bonds. The second-order valence-electron chi connectivity index (χ2n) is 12.9. The zero-order chi connectivity index (χ0) is 31.0. The van der Waals surface area contributed by atoms with Crippen LogP contribution in [-0.2, 0) is 16.0 Å². The molecule has 3 aliphatic rings. The standard InChI is InChI=1S/C35H42N2O6Si/c1-23-29(42-32(34(23)44(2,3)41)21-33(39)36-20-8-9-26(36)22-38)19-16-24-14-17-25(18-15-24)37-28-11-5-7-13-31(28)43-30-12-6-4-10-27(30)35(37)40/h4-7,10-15,17-18,23,26,29,32,34,38,41H,8-9,16,19-22H2,1-3H3/t23-,26+,29+,32-,34+/m1/s1. The highest BCUT2D eigenvalue weighted by molar-refractivity contribution is 6.71. The number of anilines is 2. The van der Waals surface area contributed by atoms with E-state index in [1.807, 2.05) is 79.8 Å². The first-order chi connectivity index (χ1) is 21.2. The van der Waals surface area contributed by atoms with Crippen LogP contribution >= 0.6 is 0 Å². The van der Waals surface area contributed by atoms with E-state index in [1.165, 1.54) is 0 Å². The van der Waals surface area contributed by atoms with Crippen molar-refractivity contribution >= 4 is 31.5 Å².